The molecule has 1 aromatic rings. The second-order valence-electron chi connectivity index (χ2n) is 3.81. The molecular formula is C11H19N3O3S. The van der Waals surface area contributed by atoms with Gasteiger partial charge in [0.1, 0.15) is 0 Å². The van der Waals surface area contributed by atoms with Crippen molar-refractivity contribution in [2.45, 2.75) is 6.92 Å². The number of anilines is 1. The second kappa shape index (κ2) is 6.55. The number of aromatic nitrogens is 1. The lowest BCUT2D eigenvalue weighted by Crippen LogP contribution is -2.28. The molecule has 1 heterocycles. The van der Waals surface area contributed by atoms with Crippen LogP contribution in [0.5, 0.6) is 5.75 Å². The van der Waals surface area contributed by atoms with Gasteiger partial charge < -0.3 is 10.1 Å². The lowest BCUT2D eigenvalue weighted by atomic mass is 10.4. The van der Waals surface area contributed by atoms with Crippen LogP contribution in [0.4, 0.5) is 5.82 Å². The van der Waals surface area contributed by atoms with E-state index in [0.29, 0.717) is 18.2 Å². The van der Waals surface area contributed by atoms with Crippen LogP contribution in [0.15, 0.2) is 18.3 Å². The third kappa shape index (κ3) is 4.15. The maximum Gasteiger partial charge on any atom is 0.215 e. The normalized spacial score (nSPS) is 11.6. The van der Waals surface area contributed by atoms with Gasteiger partial charge in [-0.3, -0.25) is 0 Å². The lowest BCUT2D eigenvalue weighted by molar-refractivity contribution is 0.340. The number of nitrogens with zero attached hydrogens (tertiary/aromatic N) is 2. The van der Waals surface area contributed by atoms with Crippen LogP contribution >= 0.6 is 0 Å². The molecule has 1 rings (SSSR count). The fourth-order valence-corrected chi connectivity index (χ4v) is 2.00. The Balaban J connectivity index is 2.59. The first kappa shape index (κ1) is 14.7. The Hall–Kier alpha value is -1.34. The van der Waals surface area contributed by atoms with E-state index in [4.69, 9.17) is 4.74 Å². The smallest absolute Gasteiger partial charge is 0.215 e. The van der Waals surface area contributed by atoms with Crippen LogP contribution in [-0.4, -0.2) is 50.7 Å². The van der Waals surface area contributed by atoms with Crippen molar-refractivity contribution in [2.75, 3.05) is 38.3 Å². The van der Waals surface area contributed by atoms with Crippen LogP contribution < -0.4 is 10.1 Å². The highest BCUT2D eigenvalue weighted by molar-refractivity contribution is 7.89. The topological polar surface area (TPSA) is 71.5 Å². The highest BCUT2D eigenvalue weighted by Crippen LogP contribution is 2.20. The van der Waals surface area contributed by atoms with Gasteiger partial charge >= 0.3 is 0 Å². The molecule has 0 amide bonds. The van der Waals surface area contributed by atoms with Gasteiger partial charge in [0.15, 0.2) is 11.6 Å². The molecule has 1 N–H and O–H groups in total. The largest absolute Gasteiger partial charge is 0.490 e. The van der Waals surface area contributed by atoms with Gasteiger partial charge in [0.2, 0.25) is 10.0 Å². The Bertz CT molecular complexity index is 474. The van der Waals surface area contributed by atoms with Crippen molar-refractivity contribution in [1.82, 2.24) is 9.29 Å². The van der Waals surface area contributed by atoms with E-state index in [2.05, 4.69) is 10.3 Å². The molecule has 0 atom stereocenters. The van der Waals surface area contributed by atoms with Crippen LogP contribution in [0.3, 0.4) is 0 Å². The van der Waals surface area contributed by atoms with E-state index in [0.717, 1.165) is 0 Å². The van der Waals surface area contributed by atoms with Gasteiger partial charge in [0, 0.05) is 26.8 Å². The molecule has 0 aliphatic heterocycles. The number of ether oxygens (including phenoxy) is 1. The standard InChI is InChI=1S/C11H19N3O3S/c1-4-17-10-6-5-7-12-11(10)13-8-9-18(15,16)14(2)3/h5-7H,4,8-9H2,1-3H3,(H,12,13). The number of hydrogen-bond acceptors (Lipinski definition) is 5. The summed E-state index contributed by atoms with van der Waals surface area (Å²) in [6.07, 6.45) is 1.63. The molecule has 0 aromatic carbocycles. The summed E-state index contributed by atoms with van der Waals surface area (Å²) in [6.45, 7) is 2.71. The van der Waals surface area contributed by atoms with Crippen LogP contribution in [0.2, 0.25) is 0 Å². The Labute approximate surface area is 108 Å². The van der Waals surface area contributed by atoms with Gasteiger partial charge in [-0.25, -0.2) is 17.7 Å². The highest BCUT2D eigenvalue weighted by atomic mass is 32.2. The zero-order valence-corrected chi connectivity index (χ0v) is 11.7. The summed E-state index contributed by atoms with van der Waals surface area (Å²) >= 11 is 0. The van der Waals surface area contributed by atoms with Crippen molar-refractivity contribution in [3.63, 3.8) is 0 Å². The fraction of sp³-hybridized carbons (Fsp3) is 0.545. The Morgan fingerprint density at radius 2 is 2.17 bits per heavy atom. The predicted molar refractivity (Wildman–Crippen MR) is 71.4 cm³/mol. The summed E-state index contributed by atoms with van der Waals surface area (Å²) in [7, 11) is -0.160. The number of pyridine rings is 1. The van der Waals surface area contributed by atoms with Crippen molar-refractivity contribution in [2.24, 2.45) is 0 Å². The predicted octanol–water partition coefficient (Wildman–Crippen LogP) is 0.784. The molecule has 102 valence electrons. The number of sulfonamides is 1. The molecular weight excluding hydrogens is 254 g/mol. The van der Waals surface area contributed by atoms with Gasteiger partial charge in [-0.05, 0) is 19.1 Å². The van der Waals surface area contributed by atoms with Crippen molar-refractivity contribution >= 4 is 15.8 Å². The van der Waals surface area contributed by atoms with Gasteiger partial charge in [0.05, 0.1) is 12.4 Å². The summed E-state index contributed by atoms with van der Waals surface area (Å²) in [5.74, 6) is 1.21. The minimum atomic E-state index is -3.19. The van der Waals surface area contributed by atoms with E-state index in [-0.39, 0.29) is 12.3 Å². The fourth-order valence-electron chi connectivity index (χ4n) is 1.28. The first-order chi connectivity index (χ1) is 8.47. The third-order valence-corrected chi connectivity index (χ3v) is 4.11. The van der Waals surface area contributed by atoms with Gasteiger partial charge in [-0.15, -0.1) is 0 Å². The van der Waals surface area contributed by atoms with E-state index < -0.39 is 10.0 Å². The van der Waals surface area contributed by atoms with Gasteiger partial charge in [-0.1, -0.05) is 0 Å². The van der Waals surface area contributed by atoms with Crippen LogP contribution in [0.1, 0.15) is 6.92 Å². The van der Waals surface area contributed by atoms with Gasteiger partial charge in [0.25, 0.3) is 0 Å². The number of nitrogens with one attached hydrogen (secondary N) is 1. The highest BCUT2D eigenvalue weighted by Gasteiger charge is 2.13. The van der Waals surface area contributed by atoms with Crippen LogP contribution in [0, 0.1) is 0 Å². The lowest BCUT2D eigenvalue weighted by Gasteiger charge is -2.13. The molecule has 1 aromatic heterocycles. The molecule has 18 heavy (non-hydrogen) atoms. The minimum Gasteiger partial charge on any atom is -0.490 e. The van der Waals surface area contributed by atoms with Gasteiger partial charge in [-0.2, -0.15) is 0 Å². The molecule has 0 unspecified atom stereocenters. The van der Waals surface area contributed by atoms with Crippen molar-refractivity contribution in [1.29, 1.82) is 0 Å². The third-order valence-electron chi connectivity index (χ3n) is 2.28. The summed E-state index contributed by atoms with van der Waals surface area (Å²) in [4.78, 5) is 4.12. The molecule has 0 bridgehead atoms. The molecule has 0 aliphatic carbocycles. The summed E-state index contributed by atoms with van der Waals surface area (Å²) in [6, 6.07) is 3.56. The molecule has 6 nitrogen and oxygen atoms in total. The minimum absolute atomic E-state index is 0.0160. The van der Waals surface area contributed by atoms with E-state index in [1.54, 1.807) is 18.3 Å². The average Bonchev–Trinajstić information content (AvgIpc) is 2.31. The maximum atomic E-state index is 11.6. The summed E-state index contributed by atoms with van der Waals surface area (Å²) in [5.41, 5.74) is 0. The first-order valence-electron chi connectivity index (χ1n) is 5.69. The van der Waals surface area contributed by atoms with Crippen LogP contribution in [0.25, 0.3) is 0 Å². The molecule has 0 aliphatic rings. The molecule has 0 saturated carbocycles. The van der Waals surface area contributed by atoms with E-state index in [1.807, 2.05) is 6.92 Å². The van der Waals surface area contributed by atoms with E-state index >= 15 is 0 Å². The Morgan fingerprint density at radius 3 is 2.78 bits per heavy atom. The SMILES string of the molecule is CCOc1cccnc1NCCS(=O)(=O)N(C)C. The number of rotatable bonds is 7. The number of hydrogen-bond donors (Lipinski definition) is 1. The zero-order valence-electron chi connectivity index (χ0n) is 10.9. The quantitative estimate of drug-likeness (QED) is 0.795. The zero-order chi connectivity index (χ0) is 13.6. The molecule has 0 radical (unpaired) electrons. The van der Waals surface area contributed by atoms with Crippen molar-refractivity contribution < 1.29 is 13.2 Å². The summed E-state index contributed by atoms with van der Waals surface area (Å²) < 4.78 is 29.7. The first-order valence-corrected chi connectivity index (χ1v) is 7.30. The van der Waals surface area contributed by atoms with Crippen molar-refractivity contribution in [3.05, 3.63) is 18.3 Å². The molecule has 0 saturated heterocycles. The van der Waals surface area contributed by atoms with E-state index in [1.165, 1.54) is 18.4 Å². The maximum absolute atomic E-state index is 11.6. The summed E-state index contributed by atoms with van der Waals surface area (Å²) in [5, 5.41) is 2.97. The van der Waals surface area contributed by atoms with E-state index in [9.17, 15) is 8.42 Å². The molecule has 7 heteroatoms. The monoisotopic (exact) mass is 273 g/mol. The second-order valence-corrected chi connectivity index (χ2v) is 6.11. The van der Waals surface area contributed by atoms with Crippen molar-refractivity contribution in [3.8, 4) is 5.75 Å². The molecule has 0 fully saturated rings. The van der Waals surface area contributed by atoms with Crippen LogP contribution in [-0.2, 0) is 10.0 Å². The Morgan fingerprint density at radius 1 is 1.44 bits per heavy atom. The molecule has 0 spiro atoms. The Kier molecular flexibility index (Phi) is 5.36. The average molecular weight is 273 g/mol.